The highest BCUT2D eigenvalue weighted by atomic mass is 79.9. The predicted octanol–water partition coefficient (Wildman–Crippen LogP) is 4.86. The van der Waals surface area contributed by atoms with Crippen LogP contribution in [0.3, 0.4) is 0 Å². The van der Waals surface area contributed by atoms with Crippen molar-refractivity contribution in [1.29, 1.82) is 0 Å². The van der Waals surface area contributed by atoms with Gasteiger partial charge < -0.3 is 5.32 Å². The molecule has 0 bridgehead atoms. The van der Waals surface area contributed by atoms with E-state index in [2.05, 4.69) is 37.2 Å². The standard InChI is InChI=1S/C12H8Br2N2O2/c13-8-5-9(14)7-11(6-8)15-10-1-3-12(4-2-10)16(17)18/h1-7,15H. The Morgan fingerprint density at radius 1 is 0.944 bits per heavy atom. The number of halogens is 2. The Morgan fingerprint density at radius 2 is 1.50 bits per heavy atom. The number of rotatable bonds is 3. The Bertz CT molecular complexity index is 565. The molecule has 0 aliphatic carbocycles. The van der Waals surface area contributed by atoms with Crippen LogP contribution >= 0.6 is 31.9 Å². The lowest BCUT2D eigenvalue weighted by molar-refractivity contribution is -0.384. The summed E-state index contributed by atoms with van der Waals surface area (Å²) in [6, 6.07) is 12.1. The van der Waals surface area contributed by atoms with E-state index in [0.717, 1.165) is 20.3 Å². The summed E-state index contributed by atoms with van der Waals surface area (Å²) in [5.74, 6) is 0. The number of benzene rings is 2. The van der Waals surface area contributed by atoms with E-state index in [9.17, 15) is 10.1 Å². The second-order valence-corrected chi connectivity index (χ2v) is 5.42. The van der Waals surface area contributed by atoms with Gasteiger partial charge in [0.05, 0.1) is 4.92 Å². The van der Waals surface area contributed by atoms with Gasteiger partial charge in [-0.1, -0.05) is 31.9 Å². The fourth-order valence-electron chi connectivity index (χ4n) is 1.46. The third-order valence-corrected chi connectivity index (χ3v) is 3.15. The largest absolute Gasteiger partial charge is 0.355 e. The molecule has 0 aliphatic heterocycles. The minimum absolute atomic E-state index is 0.0796. The van der Waals surface area contributed by atoms with Crippen LogP contribution in [0, 0.1) is 10.1 Å². The lowest BCUT2D eigenvalue weighted by atomic mass is 10.2. The minimum Gasteiger partial charge on any atom is -0.355 e. The number of nitrogens with zero attached hydrogens (tertiary/aromatic N) is 1. The average Bonchev–Trinajstić information content (AvgIpc) is 2.28. The van der Waals surface area contributed by atoms with Gasteiger partial charge in [0.15, 0.2) is 0 Å². The smallest absolute Gasteiger partial charge is 0.269 e. The van der Waals surface area contributed by atoms with E-state index >= 15 is 0 Å². The number of anilines is 2. The van der Waals surface area contributed by atoms with E-state index < -0.39 is 4.92 Å². The number of non-ortho nitro benzene ring substituents is 1. The van der Waals surface area contributed by atoms with E-state index in [0.29, 0.717) is 0 Å². The Balaban J connectivity index is 2.20. The van der Waals surface area contributed by atoms with Gasteiger partial charge in [0.1, 0.15) is 0 Å². The highest BCUT2D eigenvalue weighted by Gasteiger charge is 2.04. The first kappa shape index (κ1) is 13.0. The molecule has 2 rings (SSSR count). The molecular weight excluding hydrogens is 364 g/mol. The molecule has 4 nitrogen and oxygen atoms in total. The Labute approximate surface area is 120 Å². The third-order valence-electron chi connectivity index (χ3n) is 2.23. The van der Waals surface area contributed by atoms with Crippen LogP contribution in [-0.2, 0) is 0 Å². The molecule has 1 N–H and O–H groups in total. The topological polar surface area (TPSA) is 55.2 Å². The fourth-order valence-corrected chi connectivity index (χ4v) is 2.75. The van der Waals surface area contributed by atoms with Gasteiger partial charge in [-0.25, -0.2) is 0 Å². The third kappa shape index (κ3) is 3.30. The molecule has 2 aromatic rings. The molecule has 0 amide bonds. The van der Waals surface area contributed by atoms with Crippen LogP contribution in [0.4, 0.5) is 17.1 Å². The maximum absolute atomic E-state index is 10.5. The van der Waals surface area contributed by atoms with Crippen LogP contribution in [0.1, 0.15) is 0 Å². The summed E-state index contributed by atoms with van der Waals surface area (Å²) in [6.07, 6.45) is 0. The second-order valence-electron chi connectivity index (χ2n) is 3.59. The Morgan fingerprint density at radius 3 is 2.00 bits per heavy atom. The second kappa shape index (κ2) is 5.49. The lowest BCUT2D eigenvalue weighted by Crippen LogP contribution is -1.92. The number of nitro benzene ring substituents is 1. The van der Waals surface area contributed by atoms with Crippen LogP contribution in [0.25, 0.3) is 0 Å². The van der Waals surface area contributed by atoms with Gasteiger partial charge in [0.25, 0.3) is 5.69 Å². The van der Waals surface area contributed by atoms with Crippen molar-refractivity contribution in [2.45, 2.75) is 0 Å². The van der Waals surface area contributed by atoms with Crippen LogP contribution in [0.5, 0.6) is 0 Å². The van der Waals surface area contributed by atoms with Crippen molar-refractivity contribution in [2.75, 3.05) is 5.32 Å². The highest BCUT2D eigenvalue weighted by molar-refractivity contribution is 9.11. The molecule has 0 fully saturated rings. The molecule has 0 aromatic heterocycles. The van der Waals surface area contributed by atoms with Crippen molar-refractivity contribution in [3.8, 4) is 0 Å². The summed E-state index contributed by atoms with van der Waals surface area (Å²) in [6.45, 7) is 0. The van der Waals surface area contributed by atoms with Gasteiger partial charge in [0, 0.05) is 32.5 Å². The molecule has 0 saturated heterocycles. The summed E-state index contributed by atoms with van der Waals surface area (Å²) >= 11 is 6.80. The van der Waals surface area contributed by atoms with E-state index in [1.807, 2.05) is 18.2 Å². The van der Waals surface area contributed by atoms with E-state index in [1.54, 1.807) is 12.1 Å². The predicted molar refractivity (Wildman–Crippen MR) is 78.2 cm³/mol. The summed E-state index contributed by atoms with van der Waals surface area (Å²) in [5.41, 5.74) is 1.77. The summed E-state index contributed by atoms with van der Waals surface area (Å²) in [5, 5.41) is 13.7. The van der Waals surface area contributed by atoms with Crippen LogP contribution in [-0.4, -0.2) is 4.92 Å². The molecule has 18 heavy (non-hydrogen) atoms. The van der Waals surface area contributed by atoms with Gasteiger partial charge >= 0.3 is 0 Å². The first-order chi connectivity index (χ1) is 8.54. The van der Waals surface area contributed by atoms with Gasteiger partial charge in [-0.15, -0.1) is 0 Å². The normalized spacial score (nSPS) is 10.1. The zero-order valence-electron chi connectivity index (χ0n) is 9.06. The first-order valence-electron chi connectivity index (χ1n) is 5.02. The van der Waals surface area contributed by atoms with Crippen LogP contribution in [0.2, 0.25) is 0 Å². The highest BCUT2D eigenvalue weighted by Crippen LogP contribution is 2.26. The Kier molecular flexibility index (Phi) is 3.98. The molecule has 0 saturated carbocycles. The fraction of sp³-hybridized carbons (Fsp3) is 0. The van der Waals surface area contributed by atoms with Crippen LogP contribution < -0.4 is 5.32 Å². The summed E-state index contributed by atoms with van der Waals surface area (Å²) in [7, 11) is 0. The number of nitro groups is 1. The molecule has 0 spiro atoms. The van der Waals surface area contributed by atoms with Gasteiger partial charge in [0.2, 0.25) is 0 Å². The number of hydrogen-bond acceptors (Lipinski definition) is 3. The van der Waals surface area contributed by atoms with Gasteiger partial charge in [-0.2, -0.15) is 0 Å². The van der Waals surface area contributed by atoms with Crippen molar-refractivity contribution in [1.82, 2.24) is 0 Å². The quantitative estimate of drug-likeness (QED) is 0.618. The SMILES string of the molecule is O=[N+]([O-])c1ccc(Nc2cc(Br)cc(Br)c2)cc1. The maximum Gasteiger partial charge on any atom is 0.269 e. The van der Waals surface area contributed by atoms with Gasteiger partial charge in [-0.3, -0.25) is 10.1 Å². The molecule has 0 atom stereocenters. The van der Waals surface area contributed by atoms with Gasteiger partial charge in [-0.05, 0) is 30.3 Å². The summed E-state index contributed by atoms with van der Waals surface area (Å²) < 4.78 is 1.89. The van der Waals surface area contributed by atoms with Crippen molar-refractivity contribution in [2.24, 2.45) is 0 Å². The molecule has 6 heteroatoms. The maximum atomic E-state index is 10.5. The lowest BCUT2D eigenvalue weighted by Gasteiger charge is -2.07. The van der Waals surface area contributed by atoms with Crippen LogP contribution in [0.15, 0.2) is 51.4 Å². The van der Waals surface area contributed by atoms with Crippen molar-refractivity contribution >= 4 is 48.9 Å². The average molecular weight is 372 g/mol. The molecule has 2 aromatic carbocycles. The van der Waals surface area contributed by atoms with E-state index in [-0.39, 0.29) is 5.69 Å². The van der Waals surface area contributed by atoms with Crippen molar-refractivity contribution in [3.63, 3.8) is 0 Å². The molecular formula is C12H8Br2N2O2. The van der Waals surface area contributed by atoms with Crippen molar-refractivity contribution < 1.29 is 4.92 Å². The summed E-state index contributed by atoms with van der Waals surface area (Å²) in [4.78, 5) is 10.1. The van der Waals surface area contributed by atoms with E-state index in [1.165, 1.54) is 12.1 Å². The molecule has 0 unspecified atom stereocenters. The zero-order valence-corrected chi connectivity index (χ0v) is 12.2. The Hall–Kier alpha value is -1.40. The minimum atomic E-state index is -0.417. The number of nitrogens with one attached hydrogen (secondary N) is 1. The van der Waals surface area contributed by atoms with E-state index in [4.69, 9.17) is 0 Å². The monoisotopic (exact) mass is 370 g/mol. The molecule has 0 aliphatic rings. The number of hydrogen-bond donors (Lipinski definition) is 1. The first-order valence-corrected chi connectivity index (χ1v) is 6.61. The zero-order chi connectivity index (χ0) is 13.1. The molecule has 92 valence electrons. The van der Waals surface area contributed by atoms with Crippen molar-refractivity contribution in [3.05, 3.63) is 61.5 Å². The molecule has 0 heterocycles. The molecule has 0 radical (unpaired) electrons.